The maximum absolute atomic E-state index is 12.4. The minimum atomic E-state index is -3.27. The Hall–Kier alpha value is -0.170. The van der Waals surface area contributed by atoms with Crippen LogP contribution in [0.4, 0.5) is 0 Å². The van der Waals surface area contributed by atoms with E-state index in [2.05, 4.69) is 5.32 Å². The van der Waals surface area contributed by atoms with Crippen molar-refractivity contribution in [2.45, 2.75) is 38.6 Å². The molecule has 0 saturated carbocycles. The van der Waals surface area contributed by atoms with Gasteiger partial charge in [-0.15, -0.1) is 0 Å². The van der Waals surface area contributed by atoms with E-state index >= 15 is 0 Å². The standard InChI is InChI=1S/C11H25N3O2S/c1-4-8-13(3)17(15,16)14-9-6-5-7-11(14)10-12-2/h11-12H,4-10H2,1-3H3. The summed E-state index contributed by atoms with van der Waals surface area (Å²) in [5.74, 6) is 0. The number of rotatable bonds is 6. The molecular weight excluding hydrogens is 238 g/mol. The van der Waals surface area contributed by atoms with Crippen LogP contribution >= 0.6 is 0 Å². The molecule has 17 heavy (non-hydrogen) atoms. The molecule has 0 bridgehead atoms. The molecule has 1 heterocycles. The molecule has 0 amide bonds. The van der Waals surface area contributed by atoms with E-state index in [0.717, 1.165) is 32.2 Å². The van der Waals surface area contributed by atoms with Gasteiger partial charge in [0.15, 0.2) is 0 Å². The van der Waals surface area contributed by atoms with Crippen molar-refractivity contribution in [2.24, 2.45) is 0 Å². The third-order valence-corrected chi connectivity index (χ3v) is 5.29. The van der Waals surface area contributed by atoms with Gasteiger partial charge in [-0.25, -0.2) is 0 Å². The highest BCUT2D eigenvalue weighted by molar-refractivity contribution is 7.86. The molecule has 0 aromatic carbocycles. The first-order chi connectivity index (χ1) is 8.04. The Morgan fingerprint density at radius 2 is 2.12 bits per heavy atom. The van der Waals surface area contributed by atoms with Crippen molar-refractivity contribution in [3.05, 3.63) is 0 Å². The molecule has 1 aliphatic heterocycles. The van der Waals surface area contributed by atoms with Gasteiger partial charge in [0, 0.05) is 32.7 Å². The van der Waals surface area contributed by atoms with Gasteiger partial charge in [0.1, 0.15) is 0 Å². The van der Waals surface area contributed by atoms with E-state index < -0.39 is 10.2 Å². The van der Waals surface area contributed by atoms with Crippen LogP contribution in [-0.4, -0.2) is 56.8 Å². The van der Waals surface area contributed by atoms with Crippen LogP contribution in [0, 0.1) is 0 Å². The predicted octanol–water partition coefficient (Wildman–Crippen LogP) is 0.647. The van der Waals surface area contributed by atoms with Gasteiger partial charge < -0.3 is 5.32 Å². The summed E-state index contributed by atoms with van der Waals surface area (Å²) in [5.41, 5.74) is 0. The summed E-state index contributed by atoms with van der Waals surface area (Å²) in [5, 5.41) is 3.09. The molecule has 0 aliphatic carbocycles. The Balaban J connectivity index is 2.79. The first-order valence-electron chi connectivity index (χ1n) is 6.41. The fourth-order valence-corrected chi connectivity index (χ4v) is 4.01. The molecule has 0 aromatic heterocycles. The van der Waals surface area contributed by atoms with Crippen LogP contribution in [0.1, 0.15) is 32.6 Å². The molecule has 1 atom stereocenters. The fourth-order valence-electron chi connectivity index (χ4n) is 2.33. The molecule has 1 saturated heterocycles. The predicted molar refractivity (Wildman–Crippen MR) is 70.1 cm³/mol. The molecule has 0 spiro atoms. The summed E-state index contributed by atoms with van der Waals surface area (Å²) in [6.07, 6.45) is 3.90. The largest absolute Gasteiger partial charge is 0.318 e. The molecule has 102 valence electrons. The van der Waals surface area contributed by atoms with Gasteiger partial charge in [0.25, 0.3) is 10.2 Å². The van der Waals surface area contributed by atoms with E-state index in [0.29, 0.717) is 13.1 Å². The van der Waals surface area contributed by atoms with Gasteiger partial charge in [-0.1, -0.05) is 13.3 Å². The normalized spacial score (nSPS) is 23.2. The van der Waals surface area contributed by atoms with Crippen molar-refractivity contribution in [1.82, 2.24) is 13.9 Å². The SMILES string of the molecule is CCCN(C)S(=O)(=O)N1CCCCC1CNC. The van der Waals surface area contributed by atoms with Crippen molar-refractivity contribution >= 4 is 10.2 Å². The molecule has 1 fully saturated rings. The molecule has 1 N–H and O–H groups in total. The maximum atomic E-state index is 12.4. The van der Waals surface area contributed by atoms with E-state index in [1.54, 1.807) is 11.4 Å². The Labute approximate surface area is 105 Å². The summed E-state index contributed by atoms with van der Waals surface area (Å²) in [6.45, 7) is 3.97. The molecule has 0 aromatic rings. The van der Waals surface area contributed by atoms with Crippen LogP contribution in [0.3, 0.4) is 0 Å². The van der Waals surface area contributed by atoms with Crippen molar-refractivity contribution in [2.75, 3.05) is 33.7 Å². The smallest absolute Gasteiger partial charge is 0.282 e. The van der Waals surface area contributed by atoms with Crippen LogP contribution < -0.4 is 5.32 Å². The zero-order valence-electron chi connectivity index (χ0n) is 11.1. The number of nitrogens with one attached hydrogen (secondary N) is 1. The lowest BCUT2D eigenvalue weighted by atomic mass is 10.1. The van der Waals surface area contributed by atoms with E-state index in [-0.39, 0.29) is 6.04 Å². The van der Waals surface area contributed by atoms with Crippen LogP contribution in [0.5, 0.6) is 0 Å². The number of likely N-dealkylation sites (N-methyl/N-ethyl adjacent to an activating group) is 1. The zero-order valence-corrected chi connectivity index (χ0v) is 12.0. The zero-order chi connectivity index (χ0) is 12.9. The Bertz CT molecular complexity index is 317. The average Bonchev–Trinajstić information content (AvgIpc) is 2.30. The summed E-state index contributed by atoms with van der Waals surface area (Å²) in [6, 6.07) is 0.109. The Morgan fingerprint density at radius 1 is 1.41 bits per heavy atom. The minimum Gasteiger partial charge on any atom is -0.318 e. The Morgan fingerprint density at radius 3 is 2.71 bits per heavy atom. The molecule has 1 unspecified atom stereocenters. The molecule has 1 rings (SSSR count). The van der Waals surface area contributed by atoms with Crippen molar-refractivity contribution < 1.29 is 8.42 Å². The quantitative estimate of drug-likeness (QED) is 0.765. The highest BCUT2D eigenvalue weighted by Crippen LogP contribution is 2.21. The van der Waals surface area contributed by atoms with E-state index in [4.69, 9.17) is 0 Å². The second-order valence-electron chi connectivity index (χ2n) is 4.65. The average molecular weight is 263 g/mol. The Kier molecular flexibility index (Phi) is 5.85. The lowest BCUT2D eigenvalue weighted by Gasteiger charge is -2.36. The number of nitrogens with zero attached hydrogens (tertiary/aromatic N) is 2. The van der Waals surface area contributed by atoms with Gasteiger partial charge >= 0.3 is 0 Å². The molecule has 0 radical (unpaired) electrons. The minimum absolute atomic E-state index is 0.109. The molecule has 1 aliphatic rings. The number of hydrogen-bond acceptors (Lipinski definition) is 3. The molecular formula is C11H25N3O2S. The fraction of sp³-hybridized carbons (Fsp3) is 1.00. The third-order valence-electron chi connectivity index (χ3n) is 3.24. The van der Waals surface area contributed by atoms with Gasteiger partial charge in [-0.3, -0.25) is 0 Å². The monoisotopic (exact) mass is 263 g/mol. The topological polar surface area (TPSA) is 52.7 Å². The van der Waals surface area contributed by atoms with Gasteiger partial charge in [0.2, 0.25) is 0 Å². The second kappa shape index (κ2) is 6.68. The summed E-state index contributed by atoms with van der Waals surface area (Å²) >= 11 is 0. The van der Waals surface area contributed by atoms with Crippen molar-refractivity contribution in [1.29, 1.82) is 0 Å². The van der Waals surface area contributed by atoms with Crippen LogP contribution in [0.15, 0.2) is 0 Å². The van der Waals surface area contributed by atoms with Crippen molar-refractivity contribution in [3.8, 4) is 0 Å². The van der Waals surface area contributed by atoms with E-state index in [1.165, 1.54) is 4.31 Å². The van der Waals surface area contributed by atoms with E-state index in [1.807, 2.05) is 14.0 Å². The highest BCUT2D eigenvalue weighted by Gasteiger charge is 2.34. The lowest BCUT2D eigenvalue weighted by Crippen LogP contribution is -2.52. The molecule has 5 nitrogen and oxygen atoms in total. The molecule has 6 heteroatoms. The van der Waals surface area contributed by atoms with Gasteiger partial charge in [0.05, 0.1) is 0 Å². The van der Waals surface area contributed by atoms with E-state index in [9.17, 15) is 8.42 Å². The van der Waals surface area contributed by atoms with Crippen molar-refractivity contribution in [3.63, 3.8) is 0 Å². The maximum Gasteiger partial charge on any atom is 0.282 e. The van der Waals surface area contributed by atoms with Crippen LogP contribution in [-0.2, 0) is 10.2 Å². The van der Waals surface area contributed by atoms with Gasteiger partial charge in [-0.2, -0.15) is 17.0 Å². The summed E-state index contributed by atoms with van der Waals surface area (Å²) < 4.78 is 27.9. The first kappa shape index (κ1) is 14.9. The third kappa shape index (κ3) is 3.64. The number of hydrogen-bond donors (Lipinski definition) is 1. The first-order valence-corrected chi connectivity index (χ1v) is 7.81. The summed E-state index contributed by atoms with van der Waals surface area (Å²) in [7, 11) is 0.272. The van der Waals surface area contributed by atoms with Crippen LogP contribution in [0.25, 0.3) is 0 Å². The van der Waals surface area contributed by atoms with Crippen LogP contribution in [0.2, 0.25) is 0 Å². The summed E-state index contributed by atoms with van der Waals surface area (Å²) in [4.78, 5) is 0. The second-order valence-corrected chi connectivity index (χ2v) is 6.64. The lowest BCUT2D eigenvalue weighted by molar-refractivity contribution is 0.233. The number of piperidine rings is 1. The van der Waals surface area contributed by atoms with Gasteiger partial charge in [-0.05, 0) is 26.3 Å². The highest BCUT2D eigenvalue weighted by atomic mass is 32.2.